The van der Waals surface area contributed by atoms with E-state index in [1.807, 2.05) is 12.1 Å². The van der Waals surface area contributed by atoms with Crippen molar-refractivity contribution in [3.8, 4) is 11.5 Å². The number of anilines is 2. The van der Waals surface area contributed by atoms with Crippen LogP contribution in [0, 0.1) is 5.92 Å². The molecule has 0 aliphatic carbocycles. The molecular weight excluding hydrogens is 432 g/mol. The Morgan fingerprint density at radius 1 is 1.19 bits per heavy atom. The number of nitrogens with one attached hydrogen (secondary N) is 1. The van der Waals surface area contributed by atoms with Crippen molar-refractivity contribution in [3.63, 3.8) is 0 Å². The van der Waals surface area contributed by atoms with E-state index in [1.54, 1.807) is 48.9 Å². The van der Waals surface area contributed by atoms with Gasteiger partial charge in [0, 0.05) is 36.6 Å². The second-order valence-corrected chi connectivity index (χ2v) is 7.64. The molecule has 2 amide bonds. The number of benzene rings is 1. The molecule has 8 nitrogen and oxygen atoms in total. The van der Waals surface area contributed by atoms with Gasteiger partial charge in [-0.25, -0.2) is 4.98 Å². The quantitative estimate of drug-likeness (QED) is 0.587. The van der Waals surface area contributed by atoms with Crippen molar-refractivity contribution >= 4 is 34.9 Å². The maximum Gasteiger partial charge on any atom is 0.231 e. The van der Waals surface area contributed by atoms with Gasteiger partial charge in [-0.1, -0.05) is 11.6 Å². The van der Waals surface area contributed by atoms with Gasteiger partial charge in [0.2, 0.25) is 11.8 Å². The van der Waals surface area contributed by atoms with Gasteiger partial charge in [0.05, 0.1) is 18.7 Å². The maximum atomic E-state index is 12.9. The van der Waals surface area contributed by atoms with E-state index in [2.05, 4.69) is 15.3 Å². The van der Waals surface area contributed by atoms with E-state index in [0.717, 1.165) is 5.56 Å². The van der Waals surface area contributed by atoms with Gasteiger partial charge in [0.25, 0.3) is 0 Å². The van der Waals surface area contributed by atoms with Crippen molar-refractivity contribution < 1.29 is 19.1 Å². The van der Waals surface area contributed by atoms with Crippen LogP contribution in [0.2, 0.25) is 5.02 Å². The predicted octanol–water partition coefficient (Wildman–Crippen LogP) is 3.71. The Morgan fingerprint density at radius 2 is 2.00 bits per heavy atom. The SMILES string of the molecule is COc1ccc(Cl)cc1N1CC(C(=O)Nc2ncccc2OCc2ccncc2)CC1=O. The highest BCUT2D eigenvalue weighted by atomic mass is 35.5. The molecule has 3 aromatic rings. The van der Waals surface area contributed by atoms with Crippen LogP contribution in [-0.4, -0.2) is 35.4 Å². The summed E-state index contributed by atoms with van der Waals surface area (Å²) in [6.07, 6.45) is 5.00. The molecular formula is C23H21ClN4O4. The Hall–Kier alpha value is -3.65. The van der Waals surface area contributed by atoms with Crippen LogP contribution in [0.5, 0.6) is 11.5 Å². The number of nitrogens with zero attached hydrogens (tertiary/aromatic N) is 3. The number of methoxy groups -OCH3 is 1. The van der Waals surface area contributed by atoms with Gasteiger partial charge >= 0.3 is 0 Å². The van der Waals surface area contributed by atoms with Crippen LogP contribution in [0.15, 0.2) is 61.1 Å². The molecule has 0 bridgehead atoms. The maximum absolute atomic E-state index is 12.9. The molecule has 32 heavy (non-hydrogen) atoms. The predicted molar refractivity (Wildman–Crippen MR) is 120 cm³/mol. The highest BCUT2D eigenvalue weighted by molar-refractivity contribution is 6.31. The van der Waals surface area contributed by atoms with Crippen LogP contribution < -0.4 is 19.7 Å². The Kier molecular flexibility index (Phi) is 6.51. The number of halogens is 1. The van der Waals surface area contributed by atoms with Crippen LogP contribution >= 0.6 is 11.6 Å². The molecule has 4 rings (SSSR count). The molecule has 0 saturated carbocycles. The lowest BCUT2D eigenvalue weighted by atomic mass is 10.1. The monoisotopic (exact) mass is 452 g/mol. The van der Waals surface area contributed by atoms with Gasteiger partial charge in [0.1, 0.15) is 12.4 Å². The Bertz CT molecular complexity index is 1130. The molecule has 1 saturated heterocycles. The first-order chi connectivity index (χ1) is 15.5. The summed E-state index contributed by atoms with van der Waals surface area (Å²) in [7, 11) is 1.52. The third kappa shape index (κ3) is 4.81. The first kappa shape index (κ1) is 21.6. The number of ether oxygens (including phenoxy) is 2. The Morgan fingerprint density at radius 3 is 2.78 bits per heavy atom. The molecule has 1 N–H and O–H groups in total. The molecule has 0 spiro atoms. The fourth-order valence-corrected chi connectivity index (χ4v) is 3.62. The van der Waals surface area contributed by atoms with E-state index in [-0.39, 0.29) is 24.8 Å². The van der Waals surface area contributed by atoms with Gasteiger partial charge < -0.3 is 19.7 Å². The minimum Gasteiger partial charge on any atom is -0.495 e. The molecule has 1 aromatic carbocycles. The van der Waals surface area contributed by atoms with Crippen LogP contribution in [0.1, 0.15) is 12.0 Å². The minimum absolute atomic E-state index is 0.0710. The van der Waals surface area contributed by atoms with E-state index in [1.165, 1.54) is 12.0 Å². The highest BCUT2D eigenvalue weighted by Gasteiger charge is 2.36. The van der Waals surface area contributed by atoms with Crippen molar-refractivity contribution in [2.24, 2.45) is 5.92 Å². The summed E-state index contributed by atoms with van der Waals surface area (Å²) >= 11 is 6.10. The Labute approximate surface area is 190 Å². The molecule has 0 radical (unpaired) electrons. The zero-order valence-electron chi connectivity index (χ0n) is 17.3. The third-order valence-corrected chi connectivity index (χ3v) is 5.32. The van der Waals surface area contributed by atoms with Crippen LogP contribution in [0.4, 0.5) is 11.5 Å². The normalized spacial score (nSPS) is 15.5. The number of carbonyl (C=O) groups is 2. The van der Waals surface area contributed by atoms with Crippen molar-refractivity contribution in [1.82, 2.24) is 9.97 Å². The van der Waals surface area contributed by atoms with Crippen molar-refractivity contribution in [1.29, 1.82) is 0 Å². The minimum atomic E-state index is -0.554. The smallest absolute Gasteiger partial charge is 0.231 e. The lowest BCUT2D eigenvalue weighted by Gasteiger charge is -2.20. The molecule has 164 valence electrons. The molecule has 1 aliphatic heterocycles. The van der Waals surface area contributed by atoms with E-state index in [4.69, 9.17) is 21.1 Å². The van der Waals surface area contributed by atoms with Gasteiger partial charge in [0.15, 0.2) is 11.6 Å². The molecule has 2 aromatic heterocycles. The Balaban J connectivity index is 1.45. The standard InChI is InChI=1S/C23H21ClN4O4/c1-31-19-5-4-17(24)12-18(19)28-13-16(11-21(28)29)23(30)27-22-20(3-2-8-26-22)32-14-15-6-9-25-10-7-15/h2-10,12,16H,11,13-14H2,1H3,(H,26,27,30). The van der Waals surface area contributed by atoms with Crippen molar-refractivity contribution in [3.05, 3.63) is 71.6 Å². The summed E-state index contributed by atoms with van der Waals surface area (Å²) in [6, 6.07) is 12.2. The summed E-state index contributed by atoms with van der Waals surface area (Å²) in [5.74, 6) is 0.213. The van der Waals surface area contributed by atoms with E-state index in [0.29, 0.717) is 34.6 Å². The lowest BCUT2D eigenvalue weighted by molar-refractivity contribution is -0.122. The number of carbonyl (C=O) groups excluding carboxylic acids is 2. The second-order valence-electron chi connectivity index (χ2n) is 7.21. The fraction of sp³-hybridized carbons (Fsp3) is 0.217. The second kappa shape index (κ2) is 9.65. The molecule has 1 atom stereocenters. The first-order valence-corrected chi connectivity index (χ1v) is 10.3. The van der Waals surface area contributed by atoms with E-state index >= 15 is 0 Å². The van der Waals surface area contributed by atoms with Gasteiger partial charge in [-0.15, -0.1) is 0 Å². The van der Waals surface area contributed by atoms with Crippen LogP contribution in [-0.2, 0) is 16.2 Å². The molecule has 1 unspecified atom stereocenters. The number of rotatable bonds is 7. The van der Waals surface area contributed by atoms with E-state index in [9.17, 15) is 9.59 Å². The number of amides is 2. The summed E-state index contributed by atoms with van der Waals surface area (Å²) in [5, 5.41) is 3.28. The number of aromatic nitrogens is 2. The zero-order valence-corrected chi connectivity index (χ0v) is 18.1. The molecule has 1 fully saturated rings. The molecule has 1 aliphatic rings. The molecule has 3 heterocycles. The first-order valence-electron chi connectivity index (χ1n) is 9.96. The summed E-state index contributed by atoms with van der Waals surface area (Å²) in [5.41, 5.74) is 1.48. The zero-order chi connectivity index (χ0) is 22.5. The average Bonchev–Trinajstić information content (AvgIpc) is 3.20. The fourth-order valence-electron chi connectivity index (χ4n) is 3.45. The number of hydrogen-bond acceptors (Lipinski definition) is 6. The van der Waals surface area contributed by atoms with Gasteiger partial charge in [-0.2, -0.15) is 0 Å². The molecule has 9 heteroatoms. The average molecular weight is 453 g/mol. The largest absolute Gasteiger partial charge is 0.495 e. The van der Waals surface area contributed by atoms with E-state index < -0.39 is 5.92 Å². The summed E-state index contributed by atoms with van der Waals surface area (Å²) in [4.78, 5) is 35.3. The third-order valence-electron chi connectivity index (χ3n) is 5.08. The van der Waals surface area contributed by atoms with Gasteiger partial charge in [-0.3, -0.25) is 14.6 Å². The lowest BCUT2D eigenvalue weighted by Crippen LogP contribution is -2.28. The van der Waals surface area contributed by atoms with Crippen LogP contribution in [0.25, 0.3) is 0 Å². The summed E-state index contributed by atoms with van der Waals surface area (Å²) < 4.78 is 11.2. The number of hydrogen-bond donors (Lipinski definition) is 1. The topological polar surface area (TPSA) is 93.7 Å². The van der Waals surface area contributed by atoms with Crippen LogP contribution in [0.3, 0.4) is 0 Å². The highest BCUT2D eigenvalue weighted by Crippen LogP contribution is 2.35. The number of pyridine rings is 2. The van der Waals surface area contributed by atoms with Gasteiger partial charge in [-0.05, 0) is 48.0 Å². The van der Waals surface area contributed by atoms with Crippen molar-refractivity contribution in [2.45, 2.75) is 13.0 Å². The van der Waals surface area contributed by atoms with Crippen molar-refractivity contribution in [2.75, 3.05) is 23.9 Å². The summed E-state index contributed by atoms with van der Waals surface area (Å²) in [6.45, 7) is 0.517.